The number of ether oxygens (including phenoxy) is 1. The number of hydrogen-bond donors (Lipinski definition) is 2. The van der Waals surface area contributed by atoms with Crippen molar-refractivity contribution in [2.24, 2.45) is 0 Å². The number of carbonyl (C=O) groups is 1. The van der Waals surface area contributed by atoms with E-state index in [4.69, 9.17) is 4.74 Å². The van der Waals surface area contributed by atoms with Crippen molar-refractivity contribution >= 4 is 5.91 Å². The van der Waals surface area contributed by atoms with Crippen molar-refractivity contribution in [1.82, 2.24) is 20.4 Å². The molecular formula is C15H26N4O2. The molecule has 2 N–H and O–H groups in total. The van der Waals surface area contributed by atoms with Crippen LogP contribution in [-0.4, -0.2) is 60.4 Å². The van der Waals surface area contributed by atoms with Crippen LogP contribution in [0.3, 0.4) is 0 Å². The van der Waals surface area contributed by atoms with Crippen molar-refractivity contribution in [3.05, 3.63) is 17.0 Å². The molecule has 0 spiro atoms. The minimum atomic E-state index is 0.0636. The van der Waals surface area contributed by atoms with Gasteiger partial charge in [0.1, 0.15) is 0 Å². The molecule has 2 heterocycles. The zero-order valence-corrected chi connectivity index (χ0v) is 13.2. The van der Waals surface area contributed by atoms with Gasteiger partial charge in [-0.1, -0.05) is 0 Å². The molecule has 0 aliphatic carbocycles. The summed E-state index contributed by atoms with van der Waals surface area (Å²) in [5.41, 5.74) is 3.41. The summed E-state index contributed by atoms with van der Waals surface area (Å²) in [6.45, 7) is 6.75. The summed E-state index contributed by atoms with van der Waals surface area (Å²) in [5.74, 6) is 0.0636. The van der Waals surface area contributed by atoms with Crippen molar-refractivity contribution in [3.63, 3.8) is 0 Å². The lowest BCUT2D eigenvalue weighted by Gasteiger charge is -2.17. The quantitative estimate of drug-likeness (QED) is 0.780. The van der Waals surface area contributed by atoms with Crippen molar-refractivity contribution < 1.29 is 9.53 Å². The lowest BCUT2D eigenvalue weighted by Crippen LogP contribution is -2.39. The zero-order chi connectivity index (χ0) is 15.2. The minimum Gasteiger partial charge on any atom is -0.376 e. The summed E-state index contributed by atoms with van der Waals surface area (Å²) in [6.07, 6.45) is 3.26. The lowest BCUT2D eigenvalue weighted by atomic mass is 10.1. The third-order valence-corrected chi connectivity index (χ3v) is 3.99. The Kier molecular flexibility index (Phi) is 5.76. The van der Waals surface area contributed by atoms with Gasteiger partial charge >= 0.3 is 0 Å². The maximum absolute atomic E-state index is 11.9. The van der Waals surface area contributed by atoms with E-state index in [9.17, 15) is 4.79 Å². The van der Waals surface area contributed by atoms with Gasteiger partial charge in [-0.2, -0.15) is 5.10 Å². The predicted octanol–water partition coefficient (Wildman–Crippen LogP) is 0.796. The number of likely N-dealkylation sites (N-methyl/N-ethyl adjacent to an activating group) is 1. The largest absolute Gasteiger partial charge is 0.376 e. The average Bonchev–Trinajstić information content (AvgIpc) is 3.06. The summed E-state index contributed by atoms with van der Waals surface area (Å²) >= 11 is 0. The molecule has 0 radical (unpaired) electrons. The Morgan fingerprint density at radius 2 is 2.33 bits per heavy atom. The first-order valence-corrected chi connectivity index (χ1v) is 7.63. The smallest absolute Gasteiger partial charge is 0.234 e. The standard InChI is InChI=1S/C15H26N4O2/c1-11-14(12(2)18-17-11)6-7-19(3)10-15(20)16-9-13-5-4-8-21-13/h13H,4-10H2,1-3H3,(H,16,20)(H,17,18). The summed E-state index contributed by atoms with van der Waals surface area (Å²) in [4.78, 5) is 13.9. The summed E-state index contributed by atoms with van der Waals surface area (Å²) < 4.78 is 5.49. The second-order valence-corrected chi connectivity index (χ2v) is 5.84. The first kappa shape index (κ1) is 16.0. The number of amides is 1. The molecule has 0 aromatic carbocycles. The van der Waals surface area contributed by atoms with Crippen LogP contribution in [-0.2, 0) is 16.0 Å². The predicted molar refractivity (Wildman–Crippen MR) is 81.2 cm³/mol. The van der Waals surface area contributed by atoms with Crippen LogP contribution in [0.15, 0.2) is 0 Å². The van der Waals surface area contributed by atoms with Crippen LogP contribution in [0.2, 0.25) is 0 Å². The van der Waals surface area contributed by atoms with Gasteiger partial charge in [-0.05, 0) is 45.7 Å². The molecule has 0 saturated carbocycles. The number of H-pyrrole nitrogens is 1. The molecule has 1 aliphatic rings. The van der Waals surface area contributed by atoms with Gasteiger partial charge in [0.05, 0.1) is 18.3 Å². The third kappa shape index (κ3) is 4.82. The molecular weight excluding hydrogens is 268 g/mol. The van der Waals surface area contributed by atoms with Crippen LogP contribution >= 0.6 is 0 Å². The fourth-order valence-corrected chi connectivity index (χ4v) is 2.66. The molecule has 118 valence electrons. The Morgan fingerprint density at radius 1 is 1.52 bits per heavy atom. The van der Waals surface area contributed by atoms with Gasteiger partial charge in [0, 0.05) is 25.4 Å². The zero-order valence-electron chi connectivity index (χ0n) is 13.2. The van der Waals surface area contributed by atoms with Crippen LogP contribution in [0.25, 0.3) is 0 Å². The number of rotatable bonds is 7. The van der Waals surface area contributed by atoms with Crippen LogP contribution in [0, 0.1) is 13.8 Å². The molecule has 6 heteroatoms. The molecule has 1 atom stereocenters. The van der Waals surface area contributed by atoms with E-state index in [2.05, 4.69) is 15.5 Å². The number of nitrogens with one attached hydrogen (secondary N) is 2. The molecule has 1 aromatic heterocycles. The first-order chi connectivity index (χ1) is 10.1. The number of carbonyl (C=O) groups excluding carboxylic acids is 1. The molecule has 1 amide bonds. The Labute approximate surface area is 126 Å². The fourth-order valence-electron chi connectivity index (χ4n) is 2.66. The van der Waals surface area contributed by atoms with Crippen molar-refractivity contribution in [2.75, 3.05) is 33.3 Å². The number of nitrogens with zero attached hydrogens (tertiary/aromatic N) is 2. The number of aromatic amines is 1. The van der Waals surface area contributed by atoms with Crippen molar-refractivity contribution in [1.29, 1.82) is 0 Å². The van der Waals surface area contributed by atoms with E-state index < -0.39 is 0 Å². The van der Waals surface area contributed by atoms with Crippen molar-refractivity contribution in [2.45, 2.75) is 39.2 Å². The number of hydrogen-bond acceptors (Lipinski definition) is 4. The highest BCUT2D eigenvalue weighted by atomic mass is 16.5. The monoisotopic (exact) mass is 294 g/mol. The van der Waals surface area contributed by atoms with E-state index in [1.54, 1.807) is 0 Å². The SMILES string of the molecule is Cc1n[nH]c(C)c1CCN(C)CC(=O)NCC1CCCO1. The molecule has 0 bridgehead atoms. The van der Waals surface area contributed by atoms with Gasteiger partial charge in [-0.3, -0.25) is 14.8 Å². The normalized spacial score (nSPS) is 18.4. The van der Waals surface area contributed by atoms with Crippen LogP contribution in [0.4, 0.5) is 0 Å². The van der Waals surface area contributed by atoms with Gasteiger partial charge in [0.25, 0.3) is 0 Å². The van der Waals surface area contributed by atoms with E-state index in [-0.39, 0.29) is 12.0 Å². The van der Waals surface area contributed by atoms with Gasteiger partial charge < -0.3 is 10.1 Å². The molecule has 1 saturated heterocycles. The number of aromatic nitrogens is 2. The summed E-state index contributed by atoms with van der Waals surface area (Å²) in [7, 11) is 1.97. The fraction of sp³-hybridized carbons (Fsp3) is 0.733. The van der Waals surface area contributed by atoms with Crippen molar-refractivity contribution in [3.8, 4) is 0 Å². The Balaban J connectivity index is 1.66. The highest BCUT2D eigenvalue weighted by Crippen LogP contribution is 2.11. The molecule has 1 aromatic rings. The molecule has 2 rings (SSSR count). The maximum atomic E-state index is 11.9. The Hall–Kier alpha value is -1.40. The molecule has 1 aliphatic heterocycles. The molecule has 21 heavy (non-hydrogen) atoms. The second-order valence-electron chi connectivity index (χ2n) is 5.84. The Bertz CT molecular complexity index is 447. The van der Waals surface area contributed by atoms with Crippen LogP contribution in [0.1, 0.15) is 29.8 Å². The van der Waals surface area contributed by atoms with E-state index in [0.29, 0.717) is 13.1 Å². The average molecular weight is 294 g/mol. The van der Waals surface area contributed by atoms with E-state index in [0.717, 1.165) is 43.8 Å². The van der Waals surface area contributed by atoms with Gasteiger partial charge in [-0.15, -0.1) is 0 Å². The second kappa shape index (κ2) is 7.56. The summed E-state index contributed by atoms with van der Waals surface area (Å²) in [5, 5.41) is 10.1. The van der Waals surface area contributed by atoms with Gasteiger partial charge in [-0.25, -0.2) is 0 Å². The van der Waals surface area contributed by atoms with Crippen LogP contribution < -0.4 is 5.32 Å². The van der Waals surface area contributed by atoms with E-state index in [1.165, 1.54) is 5.56 Å². The topological polar surface area (TPSA) is 70.2 Å². The van der Waals surface area contributed by atoms with Crippen LogP contribution in [0.5, 0.6) is 0 Å². The van der Waals surface area contributed by atoms with E-state index >= 15 is 0 Å². The van der Waals surface area contributed by atoms with E-state index in [1.807, 2.05) is 25.8 Å². The highest BCUT2D eigenvalue weighted by Gasteiger charge is 2.16. The molecule has 6 nitrogen and oxygen atoms in total. The third-order valence-electron chi connectivity index (χ3n) is 3.99. The van der Waals surface area contributed by atoms with Gasteiger partial charge in [0.2, 0.25) is 5.91 Å². The Morgan fingerprint density at radius 3 is 2.95 bits per heavy atom. The molecule has 1 unspecified atom stereocenters. The first-order valence-electron chi connectivity index (χ1n) is 7.63. The minimum absolute atomic E-state index is 0.0636. The molecule has 1 fully saturated rings. The maximum Gasteiger partial charge on any atom is 0.234 e. The number of aryl methyl sites for hydroxylation is 2. The van der Waals surface area contributed by atoms with Gasteiger partial charge in [0.15, 0.2) is 0 Å². The lowest BCUT2D eigenvalue weighted by molar-refractivity contribution is -0.122. The highest BCUT2D eigenvalue weighted by molar-refractivity contribution is 5.77. The summed E-state index contributed by atoms with van der Waals surface area (Å²) in [6, 6.07) is 0.